The Morgan fingerprint density at radius 2 is 1.89 bits per heavy atom. The molecule has 0 heterocycles. The van der Waals surface area contributed by atoms with E-state index in [0.29, 0.717) is 11.1 Å². The second-order valence-electron chi connectivity index (χ2n) is 6.74. The lowest BCUT2D eigenvalue weighted by Crippen LogP contribution is -2.20. The molecule has 7 heteroatoms. The van der Waals surface area contributed by atoms with E-state index in [0.717, 1.165) is 0 Å². The molecule has 28 heavy (non-hydrogen) atoms. The van der Waals surface area contributed by atoms with E-state index >= 15 is 0 Å². The number of rotatable bonds is 8. The van der Waals surface area contributed by atoms with Crippen LogP contribution in [0.25, 0.3) is 12.2 Å². The van der Waals surface area contributed by atoms with Gasteiger partial charge in [-0.1, -0.05) is 18.2 Å². The molecule has 0 aliphatic rings. The lowest BCUT2D eigenvalue weighted by Gasteiger charge is -2.14. The zero-order valence-electron chi connectivity index (χ0n) is 16.7. The van der Waals surface area contributed by atoms with E-state index in [1.165, 1.54) is 20.1 Å². The van der Waals surface area contributed by atoms with Crippen molar-refractivity contribution >= 4 is 30.1 Å². The molecule has 1 aromatic rings. The van der Waals surface area contributed by atoms with Gasteiger partial charge in [-0.2, -0.15) is 0 Å². The molecular weight excluding hydrogens is 364 g/mol. The fourth-order valence-electron chi connectivity index (χ4n) is 2.14. The Bertz CT molecular complexity index is 769. The smallest absolute Gasteiger partial charge is 0.330 e. The van der Waals surface area contributed by atoms with Crippen molar-refractivity contribution in [2.45, 2.75) is 45.8 Å². The molecule has 152 valence electrons. The summed E-state index contributed by atoms with van der Waals surface area (Å²) < 4.78 is 14.9. The fraction of sp³-hybridized carbons (Fsp3) is 0.381. The third-order valence-electron chi connectivity index (χ3n) is 3.36. The lowest BCUT2D eigenvalue weighted by molar-refractivity contribution is -0.149. The molecule has 0 aliphatic heterocycles. The van der Waals surface area contributed by atoms with Gasteiger partial charge in [0.05, 0.1) is 19.1 Å². The molecule has 7 nitrogen and oxygen atoms in total. The largest absolute Gasteiger partial charge is 0.466 e. The van der Waals surface area contributed by atoms with Gasteiger partial charge < -0.3 is 19.3 Å². The minimum Gasteiger partial charge on any atom is -0.466 e. The maximum atomic E-state index is 12.1. The van der Waals surface area contributed by atoms with Crippen molar-refractivity contribution in [3.63, 3.8) is 0 Å². The number of methoxy groups -OCH3 is 1. The van der Waals surface area contributed by atoms with Crippen molar-refractivity contribution in [3.05, 3.63) is 41.5 Å². The molecule has 0 bridgehead atoms. The molecule has 1 atom stereocenters. The topological polar surface area (TPSA) is 99.1 Å². The van der Waals surface area contributed by atoms with Gasteiger partial charge in [0.1, 0.15) is 11.9 Å². The Morgan fingerprint density at radius 3 is 2.46 bits per heavy atom. The average Bonchev–Trinajstić information content (AvgIpc) is 2.57. The molecule has 1 N–H and O–H groups in total. The van der Waals surface area contributed by atoms with Crippen LogP contribution in [0, 0.1) is 0 Å². The molecular formula is C21H26O7. The second kappa shape index (κ2) is 10.4. The van der Waals surface area contributed by atoms with E-state index in [-0.39, 0.29) is 12.2 Å². The first-order valence-corrected chi connectivity index (χ1v) is 8.69. The van der Waals surface area contributed by atoms with E-state index in [4.69, 9.17) is 9.47 Å². The monoisotopic (exact) mass is 390 g/mol. The Morgan fingerprint density at radius 1 is 1.21 bits per heavy atom. The summed E-state index contributed by atoms with van der Waals surface area (Å²) in [5.74, 6) is -1.26. The van der Waals surface area contributed by atoms with Crippen molar-refractivity contribution in [1.29, 1.82) is 0 Å². The van der Waals surface area contributed by atoms with Crippen LogP contribution in [-0.2, 0) is 23.9 Å². The van der Waals surface area contributed by atoms with E-state index in [1.807, 2.05) is 0 Å². The first-order valence-electron chi connectivity index (χ1n) is 8.69. The number of ether oxygens (including phenoxy) is 3. The predicted octanol–water partition coefficient (Wildman–Crippen LogP) is 2.90. The quantitative estimate of drug-likeness (QED) is 0.414. The summed E-state index contributed by atoms with van der Waals surface area (Å²) in [6, 6.07) is 4.94. The Hall–Kier alpha value is -2.93. The van der Waals surface area contributed by atoms with Gasteiger partial charge in [0.2, 0.25) is 0 Å². The average molecular weight is 390 g/mol. The zero-order chi connectivity index (χ0) is 21.3. The van der Waals surface area contributed by atoms with Gasteiger partial charge in [-0.05, 0) is 44.5 Å². The van der Waals surface area contributed by atoms with E-state index in [9.17, 15) is 19.5 Å². The summed E-state index contributed by atoms with van der Waals surface area (Å²) >= 11 is 0. The van der Waals surface area contributed by atoms with Crippen LogP contribution in [0.3, 0.4) is 0 Å². The summed E-state index contributed by atoms with van der Waals surface area (Å²) in [5, 5.41) is 9.91. The molecule has 1 rings (SSSR count). The third-order valence-corrected chi connectivity index (χ3v) is 3.36. The molecule has 0 saturated heterocycles. The number of hydrogen-bond donors (Lipinski definition) is 1. The highest BCUT2D eigenvalue weighted by Gasteiger charge is 2.15. The molecule has 0 aromatic heterocycles. The number of benzene rings is 1. The summed E-state index contributed by atoms with van der Waals surface area (Å²) in [5.41, 5.74) is 0.139. The highest BCUT2D eigenvalue weighted by Crippen LogP contribution is 2.24. The van der Waals surface area contributed by atoms with Crippen molar-refractivity contribution < 1.29 is 33.7 Å². The molecule has 0 saturated carbocycles. The van der Waals surface area contributed by atoms with Crippen LogP contribution in [0.5, 0.6) is 5.75 Å². The highest BCUT2D eigenvalue weighted by atomic mass is 16.6. The lowest BCUT2D eigenvalue weighted by atomic mass is 10.0. The van der Waals surface area contributed by atoms with E-state index < -0.39 is 29.6 Å². The first kappa shape index (κ1) is 23.1. The van der Waals surface area contributed by atoms with Gasteiger partial charge in [0.25, 0.3) is 0 Å². The number of carbonyl (C=O) groups is 3. The van der Waals surface area contributed by atoms with Gasteiger partial charge >= 0.3 is 17.9 Å². The van der Waals surface area contributed by atoms with Crippen LogP contribution in [0.2, 0.25) is 0 Å². The molecule has 0 spiro atoms. The Balaban J connectivity index is 3.06. The summed E-state index contributed by atoms with van der Waals surface area (Å²) in [6.07, 6.45) is 5.29. The maximum absolute atomic E-state index is 12.1. The normalized spacial score (nSPS) is 12.8. The van der Waals surface area contributed by atoms with Gasteiger partial charge in [0, 0.05) is 18.6 Å². The molecule has 1 unspecified atom stereocenters. The van der Waals surface area contributed by atoms with E-state index in [1.54, 1.807) is 57.2 Å². The summed E-state index contributed by atoms with van der Waals surface area (Å²) in [6.45, 7) is 6.08. The fourth-order valence-corrected chi connectivity index (χ4v) is 2.14. The number of carbonyl (C=O) groups excluding carboxylic acids is 3. The minimum absolute atomic E-state index is 0.0990. The van der Waals surface area contributed by atoms with Gasteiger partial charge in [-0.3, -0.25) is 9.59 Å². The zero-order valence-corrected chi connectivity index (χ0v) is 16.7. The first-order chi connectivity index (χ1) is 13.0. The molecule has 0 amide bonds. The molecule has 0 fully saturated rings. The number of aliphatic hydroxyl groups is 1. The van der Waals surface area contributed by atoms with Crippen molar-refractivity contribution in [2.24, 2.45) is 0 Å². The van der Waals surface area contributed by atoms with Crippen molar-refractivity contribution in [1.82, 2.24) is 0 Å². The SMILES string of the molecule is COC(=O)C=Cc1ccc(OC(=O)CC(C)OC(C)=O)c(C=CC(C)(C)O)c1. The molecule has 0 aliphatic carbocycles. The minimum atomic E-state index is -1.07. The standard InChI is InChI=1S/C21H26O7/c1-14(27-15(2)22)12-20(24)28-18-8-6-16(7-9-19(23)26-5)13-17(18)10-11-21(3,4)25/h6-11,13-14,25H,12H2,1-5H3. The second-order valence-corrected chi connectivity index (χ2v) is 6.74. The number of esters is 3. The predicted molar refractivity (Wildman–Crippen MR) is 104 cm³/mol. The van der Waals surface area contributed by atoms with Crippen LogP contribution in [0.4, 0.5) is 0 Å². The number of hydrogen-bond acceptors (Lipinski definition) is 7. The van der Waals surface area contributed by atoms with Crippen LogP contribution >= 0.6 is 0 Å². The van der Waals surface area contributed by atoms with Gasteiger partial charge in [-0.25, -0.2) is 4.79 Å². The summed E-state index contributed by atoms with van der Waals surface area (Å²) in [4.78, 5) is 34.3. The van der Waals surface area contributed by atoms with E-state index in [2.05, 4.69) is 4.74 Å². The molecule has 1 aromatic carbocycles. The van der Waals surface area contributed by atoms with Gasteiger partial charge in [0.15, 0.2) is 0 Å². The van der Waals surface area contributed by atoms with Crippen molar-refractivity contribution in [2.75, 3.05) is 7.11 Å². The van der Waals surface area contributed by atoms with Crippen LogP contribution < -0.4 is 4.74 Å². The maximum Gasteiger partial charge on any atom is 0.330 e. The van der Waals surface area contributed by atoms with Crippen LogP contribution in [-0.4, -0.2) is 41.8 Å². The van der Waals surface area contributed by atoms with Crippen molar-refractivity contribution in [3.8, 4) is 5.75 Å². The van der Waals surface area contributed by atoms with Crippen LogP contribution in [0.1, 0.15) is 45.2 Å². The highest BCUT2D eigenvalue weighted by molar-refractivity contribution is 5.87. The van der Waals surface area contributed by atoms with Crippen LogP contribution in [0.15, 0.2) is 30.4 Å². The Labute approximate surface area is 164 Å². The summed E-state index contributed by atoms with van der Waals surface area (Å²) in [7, 11) is 1.28. The molecule has 0 radical (unpaired) electrons. The Kier molecular flexibility index (Phi) is 8.60. The third kappa shape index (κ3) is 9.14. The van der Waals surface area contributed by atoms with Gasteiger partial charge in [-0.15, -0.1) is 0 Å².